The molecule has 0 atom stereocenters. The van der Waals surface area contributed by atoms with Crippen molar-refractivity contribution in [2.45, 2.75) is 0 Å². The molecule has 0 bridgehead atoms. The van der Waals surface area contributed by atoms with Crippen molar-refractivity contribution < 1.29 is 0 Å². The molecular weight excluding hydrogens is 911 g/mol. The van der Waals surface area contributed by atoms with E-state index in [2.05, 4.69) is 207 Å². The lowest BCUT2D eigenvalue weighted by Crippen LogP contribution is -2.11. The normalized spacial score (nSPS) is 12.3. The van der Waals surface area contributed by atoms with Crippen molar-refractivity contribution in [1.82, 2.24) is 13.7 Å². The molecule has 0 spiro atoms. The van der Waals surface area contributed by atoms with Crippen LogP contribution in [0, 0.1) is 17.9 Å². The highest BCUT2D eigenvalue weighted by molar-refractivity contribution is 7.27. The summed E-state index contributed by atoms with van der Waals surface area (Å²) in [6.07, 6.45) is 0. The minimum Gasteiger partial charge on any atom is -0.317 e. The number of para-hydroxylation sites is 3. The smallest absolute Gasteiger partial charge is 0.214 e. The third kappa shape index (κ3) is 4.82. The number of fused-ring (bicyclic) bond motifs is 21. The first-order valence-corrected chi connectivity index (χ1v) is 25.6. The van der Waals surface area contributed by atoms with Crippen LogP contribution in [0.5, 0.6) is 0 Å². The lowest BCUT2D eigenvalue weighted by molar-refractivity contribution is 1.05. The zero-order valence-electron chi connectivity index (χ0n) is 36.9. The van der Waals surface area contributed by atoms with Crippen LogP contribution in [-0.4, -0.2) is 13.7 Å². The molecule has 0 amide bonds. The van der Waals surface area contributed by atoms with Crippen LogP contribution < -0.4 is 0 Å². The van der Waals surface area contributed by atoms with Gasteiger partial charge in [0, 0.05) is 92.8 Å². The second-order valence-corrected chi connectivity index (χ2v) is 21.2. The van der Waals surface area contributed by atoms with E-state index in [4.69, 9.17) is 6.57 Å². The summed E-state index contributed by atoms with van der Waals surface area (Å²) in [7, 11) is 0. The molecule has 0 radical (unpaired) electrons. The van der Waals surface area contributed by atoms with Gasteiger partial charge >= 0.3 is 0 Å². The van der Waals surface area contributed by atoms with Gasteiger partial charge in [0.05, 0.1) is 62.3 Å². The molecule has 0 aliphatic rings. The predicted molar refractivity (Wildman–Crippen MR) is 299 cm³/mol. The molecule has 70 heavy (non-hydrogen) atoms. The van der Waals surface area contributed by atoms with Crippen LogP contribution >= 0.6 is 34.0 Å². The molecule has 0 fully saturated rings. The highest BCUT2D eigenvalue weighted by Crippen LogP contribution is 2.52. The third-order valence-corrected chi connectivity index (χ3v) is 18.3. The summed E-state index contributed by atoms with van der Waals surface area (Å²) in [5, 5.41) is 25.8. The summed E-state index contributed by atoms with van der Waals surface area (Å²) in [5.41, 5.74) is 9.04. The Hall–Kier alpha value is -8.76. The quantitative estimate of drug-likeness (QED) is 0.163. The maximum atomic E-state index is 11.7. The lowest BCUT2D eigenvalue weighted by atomic mass is 10.1. The standard InChI is InChI=1S/C62H31N5S3/c1-64-44-32-34(33-63)57(65-45-20-8-2-17-41(45)54-48(65)29-26-38-35-14-5-11-23-51(35)68-60(38)54)59(67-47-22-10-4-19-43(47)56-50(67)31-28-40-37-16-7-13-25-53(37)70-62(40)56)58(44)66-46-21-9-3-18-42(46)55-49(66)30-27-39-36-15-6-12-24-52(36)69-61(39)55/h2-32H. The number of benzene rings is 10. The van der Waals surface area contributed by atoms with Crippen LogP contribution in [0.15, 0.2) is 188 Å². The number of rotatable bonds is 3. The molecule has 0 saturated carbocycles. The van der Waals surface area contributed by atoms with Crippen LogP contribution in [0.1, 0.15) is 5.56 Å². The van der Waals surface area contributed by atoms with Crippen molar-refractivity contribution >= 4 is 166 Å². The van der Waals surface area contributed by atoms with Gasteiger partial charge in [-0.15, -0.1) is 34.0 Å². The Bertz CT molecular complexity index is 4890. The number of hydrogen-bond acceptors (Lipinski definition) is 4. The summed E-state index contributed by atoms with van der Waals surface area (Å²) in [5.74, 6) is 0. The number of thiophene rings is 3. The Morgan fingerprint density at radius 2 is 0.700 bits per heavy atom. The monoisotopic (exact) mass is 941 g/mol. The van der Waals surface area contributed by atoms with Crippen LogP contribution in [-0.2, 0) is 0 Å². The average molecular weight is 942 g/mol. The van der Waals surface area contributed by atoms with Gasteiger partial charge in [-0.1, -0.05) is 127 Å². The fourth-order valence-corrected chi connectivity index (χ4v) is 15.7. The summed E-state index contributed by atoms with van der Waals surface area (Å²) in [4.78, 5) is 4.43. The predicted octanol–water partition coefficient (Wildman–Crippen LogP) is 18.5. The van der Waals surface area contributed by atoms with Gasteiger partial charge in [-0.05, 0) is 60.7 Å². The molecule has 5 nitrogen and oxygen atoms in total. The molecule has 6 heterocycles. The van der Waals surface area contributed by atoms with Gasteiger partial charge in [-0.25, -0.2) is 4.85 Å². The second-order valence-electron chi connectivity index (χ2n) is 18.1. The van der Waals surface area contributed by atoms with Crippen molar-refractivity contribution in [3.05, 3.63) is 205 Å². The highest BCUT2D eigenvalue weighted by atomic mass is 32.1. The van der Waals surface area contributed by atoms with Crippen molar-refractivity contribution in [2.75, 3.05) is 0 Å². The first-order valence-electron chi connectivity index (χ1n) is 23.2. The number of nitrogens with zero attached hydrogens (tertiary/aromatic N) is 5. The number of hydrogen-bond donors (Lipinski definition) is 0. The Labute approximate surface area is 410 Å². The first-order chi connectivity index (χ1) is 34.7. The number of nitriles is 1. The largest absolute Gasteiger partial charge is 0.317 e. The topological polar surface area (TPSA) is 42.9 Å². The molecule has 0 unspecified atom stereocenters. The third-order valence-electron chi connectivity index (χ3n) is 14.7. The van der Waals surface area contributed by atoms with Crippen LogP contribution in [0.2, 0.25) is 0 Å². The fraction of sp³-hybridized carbons (Fsp3) is 0. The Kier molecular flexibility index (Phi) is 7.60. The van der Waals surface area contributed by atoms with Gasteiger partial charge in [0.25, 0.3) is 0 Å². The molecule has 8 heteroatoms. The number of aromatic nitrogens is 3. The molecule has 0 aliphatic carbocycles. The molecule has 6 aromatic heterocycles. The van der Waals surface area contributed by atoms with Gasteiger partial charge < -0.3 is 13.7 Å². The van der Waals surface area contributed by atoms with Gasteiger partial charge in [0.1, 0.15) is 6.07 Å². The Morgan fingerprint density at radius 1 is 0.357 bits per heavy atom. The molecule has 322 valence electrons. The average Bonchev–Trinajstić information content (AvgIpc) is 4.26. The maximum absolute atomic E-state index is 11.7. The Balaban J connectivity index is 1.16. The highest BCUT2D eigenvalue weighted by Gasteiger charge is 2.31. The van der Waals surface area contributed by atoms with Crippen LogP contribution in [0.4, 0.5) is 5.69 Å². The van der Waals surface area contributed by atoms with E-state index < -0.39 is 0 Å². The van der Waals surface area contributed by atoms with E-state index in [1.807, 2.05) is 40.1 Å². The van der Waals surface area contributed by atoms with Crippen molar-refractivity contribution in [1.29, 1.82) is 5.26 Å². The summed E-state index contributed by atoms with van der Waals surface area (Å²) >= 11 is 5.47. The van der Waals surface area contributed by atoms with E-state index >= 15 is 0 Å². The van der Waals surface area contributed by atoms with Gasteiger partial charge in [0.2, 0.25) is 5.69 Å². The molecule has 0 N–H and O–H groups in total. The minimum absolute atomic E-state index is 0.399. The first kappa shape index (κ1) is 38.2. The minimum atomic E-state index is 0.399. The molecule has 10 aromatic carbocycles. The molecule has 0 saturated heterocycles. The fourth-order valence-electron chi connectivity index (χ4n) is 11.9. The van der Waals surface area contributed by atoms with E-state index in [9.17, 15) is 5.26 Å². The molecule has 16 rings (SSSR count). The Morgan fingerprint density at radius 3 is 1.09 bits per heavy atom. The van der Waals surface area contributed by atoms with E-state index in [1.54, 1.807) is 0 Å². The summed E-state index contributed by atoms with van der Waals surface area (Å²) < 4.78 is 14.4. The summed E-state index contributed by atoms with van der Waals surface area (Å²) in [6.45, 7) is 9.14. The molecular formula is C62H31N5S3. The van der Waals surface area contributed by atoms with Gasteiger partial charge in [-0.2, -0.15) is 5.26 Å². The lowest BCUT2D eigenvalue weighted by Gasteiger charge is -2.24. The van der Waals surface area contributed by atoms with E-state index in [0.717, 1.165) is 82.5 Å². The molecule has 0 aliphatic heterocycles. The van der Waals surface area contributed by atoms with Gasteiger partial charge in [-0.3, -0.25) is 0 Å². The molecule has 16 aromatic rings. The zero-order chi connectivity index (χ0) is 45.9. The zero-order valence-corrected chi connectivity index (χ0v) is 39.3. The van der Waals surface area contributed by atoms with Crippen molar-refractivity contribution in [2.24, 2.45) is 0 Å². The van der Waals surface area contributed by atoms with Crippen LogP contribution in [0.25, 0.3) is 148 Å². The van der Waals surface area contributed by atoms with Crippen molar-refractivity contribution in [3.63, 3.8) is 0 Å². The SMILES string of the molecule is [C-]#[N+]c1cc(C#N)c(-n2c3ccccc3c3c4sc5ccccc5c4ccc32)c(-n2c3ccccc3c3c4sc5ccccc5c4ccc32)c1-n1c2ccccc2c2c3sc4ccccc4c3ccc21. The summed E-state index contributed by atoms with van der Waals surface area (Å²) in [6, 6.07) is 70.0. The van der Waals surface area contributed by atoms with E-state index in [-0.39, 0.29) is 0 Å². The van der Waals surface area contributed by atoms with E-state index in [0.29, 0.717) is 11.3 Å². The van der Waals surface area contributed by atoms with E-state index in [1.165, 1.54) is 60.5 Å². The van der Waals surface area contributed by atoms with Gasteiger partial charge in [0.15, 0.2) is 0 Å². The maximum Gasteiger partial charge on any atom is 0.214 e. The second kappa shape index (κ2) is 13.9. The van der Waals surface area contributed by atoms with Crippen LogP contribution in [0.3, 0.4) is 0 Å². The van der Waals surface area contributed by atoms with Crippen molar-refractivity contribution in [3.8, 4) is 23.1 Å².